The summed E-state index contributed by atoms with van der Waals surface area (Å²) in [6.45, 7) is 1.56. The minimum atomic E-state index is -0.139. The van der Waals surface area contributed by atoms with Gasteiger partial charge in [0.15, 0.2) is 0 Å². The van der Waals surface area contributed by atoms with Crippen molar-refractivity contribution < 1.29 is 9.21 Å². The topological polar surface area (TPSA) is 70.4 Å². The molecule has 0 aliphatic rings. The molecule has 0 unspecified atom stereocenters. The van der Waals surface area contributed by atoms with Crippen molar-refractivity contribution in [2.75, 3.05) is 25.5 Å². The summed E-state index contributed by atoms with van der Waals surface area (Å²) in [5.41, 5.74) is 0.949. The fraction of sp³-hybridized carbons (Fsp3) is 0.222. The fourth-order valence-corrected chi connectivity index (χ4v) is 2.37. The maximum atomic E-state index is 12.0. The molecule has 0 saturated carbocycles. The van der Waals surface area contributed by atoms with Crippen LogP contribution in [0.3, 0.4) is 0 Å². The number of rotatable bonds is 6. The molecule has 0 atom stereocenters. The molecule has 0 saturated heterocycles. The van der Waals surface area contributed by atoms with E-state index < -0.39 is 0 Å². The molecule has 124 valence electrons. The molecule has 2 aromatic heterocycles. The number of nitrogens with zero attached hydrogens (tertiary/aromatic N) is 2. The molecule has 3 aromatic rings. The molecule has 24 heavy (non-hydrogen) atoms. The quantitative estimate of drug-likeness (QED) is 0.684. The van der Waals surface area contributed by atoms with E-state index in [4.69, 9.17) is 4.42 Å². The molecule has 2 heterocycles. The molecule has 0 aliphatic heterocycles. The first kappa shape index (κ1) is 15.9. The van der Waals surface area contributed by atoms with Gasteiger partial charge in [-0.2, -0.15) is 0 Å². The third kappa shape index (κ3) is 4.04. The number of aromatic nitrogens is 1. The Hall–Kier alpha value is -3.02. The van der Waals surface area contributed by atoms with Gasteiger partial charge in [0.2, 0.25) is 0 Å². The summed E-state index contributed by atoms with van der Waals surface area (Å²) in [5, 5.41) is 7.18. The van der Waals surface area contributed by atoms with Crippen LogP contribution in [0.5, 0.6) is 0 Å². The lowest BCUT2D eigenvalue weighted by Gasteiger charge is -2.16. The van der Waals surface area contributed by atoms with Gasteiger partial charge in [0.05, 0.1) is 18.3 Å². The SMILES string of the molecule is CN(Cc1ccco1)C(=O)NCCNc1ccc2ccccc2n1. The van der Waals surface area contributed by atoms with Crippen LogP contribution in [-0.2, 0) is 6.54 Å². The van der Waals surface area contributed by atoms with Gasteiger partial charge in [-0.3, -0.25) is 0 Å². The van der Waals surface area contributed by atoms with Crippen LogP contribution in [0.1, 0.15) is 5.76 Å². The lowest BCUT2D eigenvalue weighted by atomic mass is 10.2. The molecule has 0 radical (unpaired) electrons. The Morgan fingerprint density at radius 1 is 1.12 bits per heavy atom. The van der Waals surface area contributed by atoms with E-state index in [1.165, 1.54) is 0 Å². The molecule has 2 amide bonds. The highest BCUT2D eigenvalue weighted by Crippen LogP contribution is 2.14. The molecule has 1 aromatic carbocycles. The summed E-state index contributed by atoms with van der Waals surface area (Å²) in [6, 6.07) is 15.4. The molecular formula is C18H20N4O2. The van der Waals surface area contributed by atoms with Crippen molar-refractivity contribution in [2.24, 2.45) is 0 Å². The summed E-state index contributed by atoms with van der Waals surface area (Å²) in [5.74, 6) is 1.55. The highest BCUT2D eigenvalue weighted by atomic mass is 16.3. The first-order chi connectivity index (χ1) is 11.7. The maximum absolute atomic E-state index is 12.0. The van der Waals surface area contributed by atoms with E-state index in [1.54, 1.807) is 18.2 Å². The summed E-state index contributed by atoms with van der Waals surface area (Å²) in [4.78, 5) is 18.1. The summed E-state index contributed by atoms with van der Waals surface area (Å²) < 4.78 is 5.23. The number of para-hydroxylation sites is 1. The Morgan fingerprint density at radius 3 is 2.83 bits per heavy atom. The van der Waals surface area contributed by atoms with E-state index in [0.717, 1.165) is 22.5 Å². The first-order valence-electron chi connectivity index (χ1n) is 7.83. The van der Waals surface area contributed by atoms with Crippen LogP contribution in [-0.4, -0.2) is 36.1 Å². The van der Waals surface area contributed by atoms with Crippen LogP contribution in [0.2, 0.25) is 0 Å². The zero-order valence-corrected chi connectivity index (χ0v) is 13.5. The van der Waals surface area contributed by atoms with E-state index in [-0.39, 0.29) is 6.03 Å². The number of pyridine rings is 1. The number of hydrogen-bond acceptors (Lipinski definition) is 4. The van der Waals surface area contributed by atoms with Crippen LogP contribution in [0.4, 0.5) is 10.6 Å². The Morgan fingerprint density at radius 2 is 2.00 bits per heavy atom. The van der Waals surface area contributed by atoms with Crippen molar-refractivity contribution in [2.45, 2.75) is 6.54 Å². The van der Waals surface area contributed by atoms with Crippen molar-refractivity contribution in [1.82, 2.24) is 15.2 Å². The van der Waals surface area contributed by atoms with Crippen LogP contribution in [0, 0.1) is 0 Å². The van der Waals surface area contributed by atoms with Crippen LogP contribution in [0.25, 0.3) is 10.9 Å². The van der Waals surface area contributed by atoms with Crippen LogP contribution < -0.4 is 10.6 Å². The van der Waals surface area contributed by atoms with Gasteiger partial charge in [-0.15, -0.1) is 0 Å². The molecule has 0 bridgehead atoms. The number of fused-ring (bicyclic) bond motifs is 1. The van der Waals surface area contributed by atoms with Crippen molar-refractivity contribution in [1.29, 1.82) is 0 Å². The lowest BCUT2D eigenvalue weighted by Crippen LogP contribution is -2.38. The van der Waals surface area contributed by atoms with Crippen molar-refractivity contribution >= 4 is 22.8 Å². The molecule has 0 aliphatic carbocycles. The first-order valence-corrected chi connectivity index (χ1v) is 7.83. The van der Waals surface area contributed by atoms with Gasteiger partial charge < -0.3 is 20.0 Å². The number of furan rings is 1. The van der Waals surface area contributed by atoms with E-state index >= 15 is 0 Å². The smallest absolute Gasteiger partial charge is 0.317 e. The third-order valence-corrected chi connectivity index (χ3v) is 3.63. The molecule has 6 nitrogen and oxygen atoms in total. The minimum absolute atomic E-state index is 0.139. The number of hydrogen-bond donors (Lipinski definition) is 2. The van der Waals surface area contributed by atoms with E-state index in [0.29, 0.717) is 19.6 Å². The second kappa shape index (κ2) is 7.50. The number of anilines is 1. The van der Waals surface area contributed by atoms with E-state index in [2.05, 4.69) is 15.6 Å². The summed E-state index contributed by atoms with van der Waals surface area (Å²) >= 11 is 0. The average Bonchev–Trinajstić information content (AvgIpc) is 3.11. The number of benzene rings is 1. The Bertz CT molecular complexity index is 802. The number of amides is 2. The van der Waals surface area contributed by atoms with E-state index in [9.17, 15) is 4.79 Å². The monoisotopic (exact) mass is 324 g/mol. The number of carbonyl (C=O) groups is 1. The second-order valence-corrected chi connectivity index (χ2v) is 5.48. The normalized spacial score (nSPS) is 10.5. The zero-order chi connectivity index (χ0) is 16.8. The predicted octanol–water partition coefficient (Wildman–Crippen LogP) is 3.08. The predicted molar refractivity (Wildman–Crippen MR) is 93.8 cm³/mol. The largest absolute Gasteiger partial charge is 0.467 e. The zero-order valence-electron chi connectivity index (χ0n) is 13.5. The van der Waals surface area contributed by atoms with Crippen molar-refractivity contribution in [3.05, 3.63) is 60.6 Å². The van der Waals surface area contributed by atoms with Gasteiger partial charge in [-0.25, -0.2) is 9.78 Å². The van der Waals surface area contributed by atoms with Gasteiger partial charge in [0.1, 0.15) is 11.6 Å². The van der Waals surface area contributed by atoms with Gasteiger partial charge in [-0.05, 0) is 30.3 Å². The Balaban J connectivity index is 1.43. The van der Waals surface area contributed by atoms with Gasteiger partial charge in [0.25, 0.3) is 0 Å². The van der Waals surface area contributed by atoms with Crippen LogP contribution >= 0.6 is 0 Å². The Kier molecular flexibility index (Phi) is 4.96. The lowest BCUT2D eigenvalue weighted by molar-refractivity contribution is 0.203. The van der Waals surface area contributed by atoms with Gasteiger partial charge in [0, 0.05) is 25.5 Å². The van der Waals surface area contributed by atoms with Crippen molar-refractivity contribution in [3.8, 4) is 0 Å². The molecular weight excluding hydrogens is 304 g/mol. The molecule has 0 spiro atoms. The average molecular weight is 324 g/mol. The molecule has 6 heteroatoms. The van der Waals surface area contributed by atoms with E-state index in [1.807, 2.05) is 48.5 Å². The summed E-state index contributed by atoms with van der Waals surface area (Å²) in [6.07, 6.45) is 1.60. The Labute approximate surface area is 140 Å². The number of carbonyl (C=O) groups excluding carboxylic acids is 1. The molecule has 3 rings (SSSR count). The second-order valence-electron chi connectivity index (χ2n) is 5.48. The number of urea groups is 1. The molecule has 2 N–H and O–H groups in total. The maximum Gasteiger partial charge on any atom is 0.317 e. The third-order valence-electron chi connectivity index (χ3n) is 3.63. The molecule has 0 fully saturated rings. The van der Waals surface area contributed by atoms with Gasteiger partial charge in [-0.1, -0.05) is 18.2 Å². The highest BCUT2D eigenvalue weighted by molar-refractivity contribution is 5.80. The van der Waals surface area contributed by atoms with Crippen molar-refractivity contribution in [3.63, 3.8) is 0 Å². The summed E-state index contributed by atoms with van der Waals surface area (Å²) in [7, 11) is 1.73. The highest BCUT2D eigenvalue weighted by Gasteiger charge is 2.09. The van der Waals surface area contributed by atoms with Crippen LogP contribution in [0.15, 0.2) is 59.2 Å². The fourth-order valence-electron chi connectivity index (χ4n) is 2.37. The minimum Gasteiger partial charge on any atom is -0.467 e. The number of nitrogens with one attached hydrogen (secondary N) is 2. The van der Waals surface area contributed by atoms with Gasteiger partial charge >= 0.3 is 6.03 Å². The standard InChI is InChI=1S/C18H20N4O2/c1-22(13-15-6-4-12-24-15)18(23)20-11-10-19-17-9-8-14-5-2-3-7-16(14)21-17/h2-9,12H,10-11,13H2,1H3,(H,19,21)(H,20,23).